The lowest BCUT2D eigenvalue weighted by Gasteiger charge is -2.10. The first-order valence-corrected chi connectivity index (χ1v) is 7.31. The lowest BCUT2D eigenvalue weighted by molar-refractivity contribution is 0.622. The molecule has 16 heavy (non-hydrogen) atoms. The largest absolute Gasteiger partial charge is 0.397 e. The standard InChI is InChI=1S/C11H16BrFN2S/c1-16-5-3-2-4-15-11-6-8(12)9(13)7-10(11)14/h6-7,15H,2-5,14H2,1H3. The molecule has 0 radical (unpaired) electrons. The molecular weight excluding hydrogens is 291 g/mol. The van der Waals surface area contributed by atoms with Gasteiger partial charge in [-0.15, -0.1) is 0 Å². The third-order valence-corrected chi connectivity index (χ3v) is 3.49. The zero-order valence-electron chi connectivity index (χ0n) is 9.22. The van der Waals surface area contributed by atoms with Gasteiger partial charge >= 0.3 is 0 Å². The number of nitrogens with one attached hydrogen (secondary N) is 1. The molecule has 0 aliphatic carbocycles. The maximum atomic E-state index is 13.1. The minimum absolute atomic E-state index is 0.328. The Balaban J connectivity index is 2.45. The smallest absolute Gasteiger partial charge is 0.139 e. The lowest BCUT2D eigenvalue weighted by atomic mass is 10.2. The Kier molecular flexibility index (Phi) is 5.98. The van der Waals surface area contributed by atoms with Crippen molar-refractivity contribution in [1.82, 2.24) is 0 Å². The Morgan fingerprint density at radius 2 is 2.19 bits per heavy atom. The van der Waals surface area contributed by atoms with Gasteiger partial charge in [-0.3, -0.25) is 0 Å². The second kappa shape index (κ2) is 7.01. The second-order valence-corrected chi connectivity index (χ2v) is 5.32. The molecule has 5 heteroatoms. The number of hydrogen-bond acceptors (Lipinski definition) is 3. The van der Waals surface area contributed by atoms with E-state index in [-0.39, 0.29) is 5.82 Å². The van der Waals surface area contributed by atoms with Gasteiger partial charge in [-0.25, -0.2) is 4.39 Å². The molecule has 0 aromatic heterocycles. The number of nitrogens with two attached hydrogens (primary N) is 1. The number of thioether (sulfide) groups is 1. The predicted octanol–water partition coefficient (Wildman–Crippen LogP) is 3.73. The molecule has 0 aliphatic heterocycles. The molecule has 0 heterocycles. The fraction of sp³-hybridized carbons (Fsp3) is 0.455. The Morgan fingerprint density at radius 1 is 1.44 bits per heavy atom. The molecule has 0 saturated carbocycles. The van der Waals surface area contributed by atoms with Gasteiger partial charge in [0, 0.05) is 12.6 Å². The van der Waals surface area contributed by atoms with Crippen LogP contribution in [0.5, 0.6) is 0 Å². The number of nitrogen functional groups attached to an aromatic ring is 1. The molecule has 0 aliphatic rings. The van der Waals surface area contributed by atoms with Crippen LogP contribution in [0.2, 0.25) is 0 Å². The summed E-state index contributed by atoms with van der Waals surface area (Å²) in [6.45, 7) is 0.864. The quantitative estimate of drug-likeness (QED) is 0.621. The number of anilines is 2. The molecule has 90 valence electrons. The summed E-state index contributed by atoms with van der Waals surface area (Å²) in [4.78, 5) is 0. The summed E-state index contributed by atoms with van der Waals surface area (Å²) >= 11 is 4.99. The highest BCUT2D eigenvalue weighted by atomic mass is 79.9. The summed E-state index contributed by atoms with van der Waals surface area (Å²) in [7, 11) is 0. The fourth-order valence-corrected chi connectivity index (χ4v) is 2.15. The molecule has 0 atom stereocenters. The number of unbranched alkanes of at least 4 members (excludes halogenated alkanes) is 1. The summed E-state index contributed by atoms with van der Waals surface area (Å²) in [5.74, 6) is 0.843. The highest BCUT2D eigenvalue weighted by Crippen LogP contribution is 2.26. The van der Waals surface area contributed by atoms with Gasteiger partial charge in [-0.05, 0) is 46.8 Å². The molecule has 0 bridgehead atoms. The summed E-state index contributed by atoms with van der Waals surface area (Å²) in [5, 5.41) is 3.21. The van der Waals surface area contributed by atoms with E-state index in [1.807, 2.05) is 11.8 Å². The van der Waals surface area contributed by atoms with Crippen LogP contribution in [-0.4, -0.2) is 18.6 Å². The third-order valence-electron chi connectivity index (χ3n) is 2.18. The maximum Gasteiger partial charge on any atom is 0.139 e. The maximum absolute atomic E-state index is 13.1. The van der Waals surface area contributed by atoms with Crippen LogP contribution in [0.4, 0.5) is 15.8 Å². The van der Waals surface area contributed by atoms with E-state index in [0.29, 0.717) is 10.2 Å². The van der Waals surface area contributed by atoms with Crippen molar-refractivity contribution in [3.63, 3.8) is 0 Å². The van der Waals surface area contributed by atoms with Gasteiger partial charge in [0.15, 0.2) is 0 Å². The van der Waals surface area contributed by atoms with E-state index in [1.165, 1.54) is 18.2 Å². The van der Waals surface area contributed by atoms with Crippen molar-refractivity contribution >= 4 is 39.1 Å². The van der Waals surface area contributed by atoms with Crippen molar-refractivity contribution in [1.29, 1.82) is 0 Å². The van der Waals surface area contributed by atoms with Crippen molar-refractivity contribution < 1.29 is 4.39 Å². The summed E-state index contributed by atoms with van der Waals surface area (Å²) in [6.07, 6.45) is 4.37. The first-order chi connectivity index (χ1) is 7.65. The molecular formula is C11H16BrFN2S. The number of rotatable bonds is 6. The number of hydrogen-bond donors (Lipinski definition) is 2. The first-order valence-electron chi connectivity index (χ1n) is 5.12. The molecule has 1 rings (SSSR count). The third kappa shape index (κ3) is 4.22. The highest BCUT2D eigenvalue weighted by Gasteiger charge is 2.04. The van der Waals surface area contributed by atoms with E-state index in [0.717, 1.165) is 18.7 Å². The molecule has 2 nitrogen and oxygen atoms in total. The van der Waals surface area contributed by atoms with Crippen LogP contribution >= 0.6 is 27.7 Å². The molecule has 3 N–H and O–H groups in total. The normalized spacial score (nSPS) is 10.4. The van der Waals surface area contributed by atoms with Gasteiger partial charge in [-0.2, -0.15) is 11.8 Å². The first kappa shape index (κ1) is 13.6. The summed E-state index contributed by atoms with van der Waals surface area (Å²) in [6, 6.07) is 3.01. The number of halogens is 2. The van der Waals surface area contributed by atoms with Crippen molar-refractivity contribution in [3.05, 3.63) is 22.4 Å². The van der Waals surface area contributed by atoms with E-state index < -0.39 is 0 Å². The fourth-order valence-electron chi connectivity index (χ4n) is 1.31. The molecule has 1 aromatic rings. The van der Waals surface area contributed by atoms with Gasteiger partial charge in [0.05, 0.1) is 15.8 Å². The van der Waals surface area contributed by atoms with Crippen molar-refractivity contribution in [2.24, 2.45) is 0 Å². The average molecular weight is 307 g/mol. The lowest BCUT2D eigenvalue weighted by Crippen LogP contribution is -2.05. The summed E-state index contributed by atoms with van der Waals surface area (Å²) < 4.78 is 13.5. The van der Waals surface area contributed by atoms with Crippen LogP contribution in [0.3, 0.4) is 0 Å². The molecule has 0 saturated heterocycles. The number of benzene rings is 1. The van der Waals surface area contributed by atoms with Crippen molar-refractivity contribution in [2.45, 2.75) is 12.8 Å². The predicted molar refractivity (Wildman–Crippen MR) is 74.6 cm³/mol. The second-order valence-electron chi connectivity index (χ2n) is 3.48. The van der Waals surface area contributed by atoms with Crippen molar-refractivity contribution in [3.8, 4) is 0 Å². The average Bonchev–Trinajstić information content (AvgIpc) is 2.25. The Labute approximate surface area is 108 Å². The van der Waals surface area contributed by atoms with E-state index in [1.54, 1.807) is 6.07 Å². The van der Waals surface area contributed by atoms with E-state index in [2.05, 4.69) is 27.5 Å². The van der Waals surface area contributed by atoms with Crippen LogP contribution < -0.4 is 11.1 Å². The van der Waals surface area contributed by atoms with Gasteiger partial charge < -0.3 is 11.1 Å². The van der Waals surface area contributed by atoms with Gasteiger partial charge in [-0.1, -0.05) is 0 Å². The van der Waals surface area contributed by atoms with Crippen LogP contribution in [0.15, 0.2) is 16.6 Å². The Hall–Kier alpha value is -0.420. The van der Waals surface area contributed by atoms with E-state index in [4.69, 9.17) is 5.73 Å². The van der Waals surface area contributed by atoms with Crippen molar-refractivity contribution in [2.75, 3.05) is 29.6 Å². The summed E-state index contributed by atoms with van der Waals surface area (Å²) in [5.41, 5.74) is 6.94. The molecule has 0 fully saturated rings. The van der Waals surface area contributed by atoms with E-state index >= 15 is 0 Å². The minimum atomic E-state index is -0.328. The molecule has 0 spiro atoms. The SMILES string of the molecule is CSCCCCNc1cc(Br)c(F)cc1N. The topological polar surface area (TPSA) is 38.0 Å². The Bertz CT molecular complexity index is 347. The monoisotopic (exact) mass is 306 g/mol. The highest BCUT2D eigenvalue weighted by molar-refractivity contribution is 9.10. The molecule has 0 amide bonds. The zero-order chi connectivity index (χ0) is 12.0. The van der Waals surface area contributed by atoms with Crippen LogP contribution in [0.25, 0.3) is 0 Å². The Morgan fingerprint density at radius 3 is 2.88 bits per heavy atom. The molecule has 0 unspecified atom stereocenters. The van der Waals surface area contributed by atoms with Gasteiger partial charge in [0.2, 0.25) is 0 Å². The van der Waals surface area contributed by atoms with Crippen LogP contribution in [0, 0.1) is 5.82 Å². The van der Waals surface area contributed by atoms with Gasteiger partial charge in [0.25, 0.3) is 0 Å². The van der Waals surface area contributed by atoms with E-state index in [9.17, 15) is 4.39 Å². The van der Waals surface area contributed by atoms with Crippen LogP contribution in [0.1, 0.15) is 12.8 Å². The minimum Gasteiger partial charge on any atom is -0.397 e. The van der Waals surface area contributed by atoms with Crippen LogP contribution in [-0.2, 0) is 0 Å². The molecule has 1 aromatic carbocycles. The van der Waals surface area contributed by atoms with Gasteiger partial charge in [0.1, 0.15) is 5.82 Å². The zero-order valence-corrected chi connectivity index (χ0v) is 11.6.